The number of hydrogen-bond donors (Lipinski definition) is 1. The maximum Gasteiger partial charge on any atom is 0.163 e. The normalized spacial score (nSPS) is 23.3. The third-order valence-corrected chi connectivity index (χ3v) is 4.75. The minimum atomic E-state index is 0.356. The van der Waals surface area contributed by atoms with E-state index in [4.69, 9.17) is 0 Å². The number of nitrogens with one attached hydrogen (secondary N) is 1. The molecule has 2 fully saturated rings. The molecule has 1 unspecified atom stereocenters. The van der Waals surface area contributed by atoms with E-state index in [1.807, 2.05) is 12.1 Å². The lowest BCUT2D eigenvalue weighted by atomic mass is 9.77. The van der Waals surface area contributed by atoms with E-state index in [9.17, 15) is 4.79 Å². The molecule has 0 spiro atoms. The van der Waals surface area contributed by atoms with E-state index in [1.54, 1.807) is 0 Å². The van der Waals surface area contributed by atoms with Crippen LogP contribution in [0.3, 0.4) is 0 Å². The van der Waals surface area contributed by atoms with Gasteiger partial charge in [0.2, 0.25) is 0 Å². The second-order valence-electron chi connectivity index (χ2n) is 6.04. The third-order valence-electron chi connectivity index (χ3n) is 4.75. The third kappa shape index (κ3) is 2.89. The number of ketones is 1. The van der Waals surface area contributed by atoms with Crippen LogP contribution in [0.25, 0.3) is 0 Å². The molecule has 2 nitrogen and oxygen atoms in total. The Balaban J connectivity index is 1.65. The van der Waals surface area contributed by atoms with Gasteiger partial charge >= 0.3 is 0 Å². The Kier molecular flexibility index (Phi) is 3.97. The Hall–Kier alpha value is -1.15. The van der Waals surface area contributed by atoms with Crippen LogP contribution in [0.15, 0.2) is 24.3 Å². The van der Waals surface area contributed by atoms with E-state index >= 15 is 0 Å². The van der Waals surface area contributed by atoms with Crippen molar-refractivity contribution in [1.82, 2.24) is 5.32 Å². The van der Waals surface area contributed by atoms with Crippen molar-refractivity contribution >= 4 is 5.78 Å². The molecule has 2 heteroatoms. The van der Waals surface area contributed by atoms with E-state index in [-0.39, 0.29) is 0 Å². The molecule has 0 radical (unpaired) electrons. The van der Waals surface area contributed by atoms with Gasteiger partial charge in [0.25, 0.3) is 0 Å². The van der Waals surface area contributed by atoms with Crippen molar-refractivity contribution in [1.29, 1.82) is 0 Å². The fourth-order valence-corrected chi connectivity index (χ4v) is 3.26. The number of hydrogen-bond acceptors (Lipinski definition) is 2. The number of carbonyl (C=O) groups excluding carboxylic acids is 1. The molecule has 19 heavy (non-hydrogen) atoms. The molecule has 102 valence electrons. The summed E-state index contributed by atoms with van der Waals surface area (Å²) in [6, 6.07) is 8.27. The Labute approximate surface area is 115 Å². The van der Waals surface area contributed by atoms with E-state index < -0.39 is 0 Å². The van der Waals surface area contributed by atoms with E-state index in [0.29, 0.717) is 17.6 Å². The van der Waals surface area contributed by atoms with Gasteiger partial charge in [0.15, 0.2) is 5.78 Å². The second-order valence-corrected chi connectivity index (χ2v) is 6.04. The van der Waals surface area contributed by atoms with Crippen molar-refractivity contribution in [3.8, 4) is 0 Å². The molecule has 2 aliphatic rings. The molecule has 1 aliphatic carbocycles. The van der Waals surface area contributed by atoms with Gasteiger partial charge in [0.05, 0.1) is 0 Å². The van der Waals surface area contributed by atoms with Crippen LogP contribution in [0, 0.1) is 5.92 Å². The molecule has 3 rings (SSSR count). The first kappa shape index (κ1) is 12.9. The fraction of sp³-hybridized carbons (Fsp3) is 0.588. The van der Waals surface area contributed by atoms with Gasteiger partial charge in [0.1, 0.15) is 0 Å². The molecule has 1 saturated heterocycles. The quantitative estimate of drug-likeness (QED) is 0.818. The number of benzene rings is 1. The monoisotopic (exact) mass is 257 g/mol. The van der Waals surface area contributed by atoms with Crippen LogP contribution >= 0.6 is 0 Å². The van der Waals surface area contributed by atoms with Crippen LogP contribution in [0.2, 0.25) is 0 Å². The smallest absolute Gasteiger partial charge is 0.163 e. The molecule has 1 aliphatic heterocycles. The molecule has 0 bridgehead atoms. The van der Waals surface area contributed by atoms with Gasteiger partial charge in [-0.3, -0.25) is 4.79 Å². The summed E-state index contributed by atoms with van der Waals surface area (Å²) >= 11 is 0. The minimum absolute atomic E-state index is 0.356. The Bertz CT molecular complexity index is 444. The number of carbonyl (C=O) groups is 1. The summed E-state index contributed by atoms with van der Waals surface area (Å²) in [5, 5.41) is 3.37. The topological polar surface area (TPSA) is 29.1 Å². The largest absolute Gasteiger partial charge is 0.316 e. The highest BCUT2D eigenvalue weighted by atomic mass is 16.1. The lowest BCUT2D eigenvalue weighted by molar-refractivity contribution is 0.0972. The standard InChI is InChI=1S/C17H23NO/c19-17(9-8-13-10-11-18-12-13)16-7-2-1-6-15(16)14-4-3-5-14/h1-2,6-7,13-14,18H,3-5,8-12H2. The van der Waals surface area contributed by atoms with Gasteiger partial charge in [0, 0.05) is 12.0 Å². The van der Waals surface area contributed by atoms with Crippen LogP contribution in [0.4, 0.5) is 0 Å². The fourth-order valence-electron chi connectivity index (χ4n) is 3.26. The summed E-state index contributed by atoms with van der Waals surface area (Å²) in [5.74, 6) is 1.71. The summed E-state index contributed by atoms with van der Waals surface area (Å²) in [7, 11) is 0. The predicted molar refractivity (Wildman–Crippen MR) is 77.6 cm³/mol. The zero-order valence-corrected chi connectivity index (χ0v) is 11.5. The summed E-state index contributed by atoms with van der Waals surface area (Å²) in [4.78, 5) is 12.4. The number of rotatable bonds is 5. The van der Waals surface area contributed by atoms with E-state index in [0.717, 1.165) is 31.5 Å². The maximum atomic E-state index is 12.4. The lowest BCUT2D eigenvalue weighted by Crippen LogP contribution is -2.15. The molecule has 1 N–H and O–H groups in total. The van der Waals surface area contributed by atoms with Crippen LogP contribution in [-0.2, 0) is 0 Å². The summed E-state index contributed by atoms with van der Waals surface area (Å²) < 4.78 is 0. The summed E-state index contributed by atoms with van der Waals surface area (Å²) in [5.41, 5.74) is 2.31. The van der Waals surface area contributed by atoms with E-state index in [1.165, 1.54) is 31.2 Å². The van der Waals surface area contributed by atoms with Crippen LogP contribution in [-0.4, -0.2) is 18.9 Å². The highest BCUT2D eigenvalue weighted by Gasteiger charge is 2.24. The van der Waals surface area contributed by atoms with Crippen molar-refractivity contribution in [3.05, 3.63) is 35.4 Å². The van der Waals surface area contributed by atoms with Crippen molar-refractivity contribution in [3.63, 3.8) is 0 Å². The molecule has 1 heterocycles. The molecular weight excluding hydrogens is 234 g/mol. The first-order chi connectivity index (χ1) is 9.34. The molecule has 1 saturated carbocycles. The van der Waals surface area contributed by atoms with Crippen molar-refractivity contribution in [2.45, 2.75) is 44.4 Å². The van der Waals surface area contributed by atoms with Crippen molar-refractivity contribution < 1.29 is 4.79 Å². The van der Waals surface area contributed by atoms with Gasteiger partial charge < -0.3 is 5.32 Å². The predicted octanol–water partition coefficient (Wildman–Crippen LogP) is 3.53. The van der Waals surface area contributed by atoms with Gasteiger partial charge in [-0.15, -0.1) is 0 Å². The van der Waals surface area contributed by atoms with Gasteiger partial charge in [-0.25, -0.2) is 0 Å². The maximum absolute atomic E-state index is 12.4. The summed E-state index contributed by atoms with van der Waals surface area (Å²) in [6.45, 7) is 2.22. The summed E-state index contributed by atoms with van der Waals surface area (Å²) in [6.07, 6.45) is 6.84. The zero-order valence-electron chi connectivity index (χ0n) is 11.5. The molecule has 1 aromatic carbocycles. The van der Waals surface area contributed by atoms with Crippen molar-refractivity contribution in [2.75, 3.05) is 13.1 Å². The molecule has 1 aromatic rings. The Morgan fingerprint density at radius 3 is 2.74 bits per heavy atom. The van der Waals surface area contributed by atoms with Gasteiger partial charge in [-0.2, -0.15) is 0 Å². The lowest BCUT2D eigenvalue weighted by Gasteiger charge is -2.27. The van der Waals surface area contributed by atoms with Crippen molar-refractivity contribution in [2.24, 2.45) is 5.92 Å². The highest BCUT2D eigenvalue weighted by Crippen LogP contribution is 2.38. The first-order valence-electron chi connectivity index (χ1n) is 7.67. The number of Topliss-reactive ketones (excluding diaryl/α,β-unsaturated/α-hetero) is 1. The Morgan fingerprint density at radius 2 is 2.05 bits per heavy atom. The van der Waals surface area contributed by atoms with Gasteiger partial charge in [-0.05, 0) is 56.2 Å². The zero-order chi connectivity index (χ0) is 13.1. The average molecular weight is 257 g/mol. The second kappa shape index (κ2) is 5.87. The Morgan fingerprint density at radius 1 is 1.21 bits per heavy atom. The van der Waals surface area contributed by atoms with Crippen LogP contribution in [0.1, 0.15) is 60.4 Å². The highest BCUT2D eigenvalue weighted by molar-refractivity contribution is 5.97. The molecule has 0 amide bonds. The van der Waals surface area contributed by atoms with Gasteiger partial charge in [-0.1, -0.05) is 30.7 Å². The molecule has 1 atom stereocenters. The average Bonchev–Trinajstić information content (AvgIpc) is 2.88. The molecule has 0 aromatic heterocycles. The van der Waals surface area contributed by atoms with Crippen LogP contribution in [0.5, 0.6) is 0 Å². The van der Waals surface area contributed by atoms with Crippen LogP contribution < -0.4 is 5.32 Å². The van der Waals surface area contributed by atoms with E-state index in [2.05, 4.69) is 17.4 Å². The SMILES string of the molecule is O=C(CCC1CCNC1)c1ccccc1C1CCC1. The molecular formula is C17H23NO. The first-order valence-corrected chi connectivity index (χ1v) is 7.67. The minimum Gasteiger partial charge on any atom is -0.316 e.